The Balaban J connectivity index is 2.25. The second-order valence-electron chi connectivity index (χ2n) is 2.72. The van der Waals surface area contributed by atoms with Crippen LogP contribution in [0.1, 0.15) is 0 Å². The molecule has 1 aliphatic carbocycles. The van der Waals surface area contributed by atoms with Crippen molar-refractivity contribution in [2.45, 2.75) is 6.04 Å². The number of hydrogen-bond acceptors (Lipinski definition) is 4. The average Bonchev–Trinajstić information content (AvgIpc) is 2.49. The van der Waals surface area contributed by atoms with Crippen LogP contribution in [0.25, 0.3) is 0 Å². The van der Waals surface area contributed by atoms with Gasteiger partial charge in [0.05, 0.1) is 11.0 Å². The van der Waals surface area contributed by atoms with E-state index < -0.39 is 0 Å². The minimum absolute atomic E-state index is 0.0374. The van der Waals surface area contributed by atoms with Crippen molar-refractivity contribution in [2.24, 2.45) is 11.0 Å². The molecule has 2 atom stereocenters. The van der Waals surface area contributed by atoms with E-state index >= 15 is 0 Å². The third kappa shape index (κ3) is 0.990. The van der Waals surface area contributed by atoms with Gasteiger partial charge in [0.2, 0.25) is 0 Å². The molecule has 0 aromatic rings. The molecule has 12 heavy (non-hydrogen) atoms. The van der Waals surface area contributed by atoms with Gasteiger partial charge in [0.15, 0.2) is 0 Å². The van der Waals surface area contributed by atoms with Gasteiger partial charge in [-0.1, -0.05) is 6.08 Å². The molecule has 0 aromatic heterocycles. The summed E-state index contributed by atoms with van der Waals surface area (Å²) in [6.07, 6.45) is 6.55. The van der Waals surface area contributed by atoms with E-state index in [4.69, 9.17) is 0 Å². The quantitative estimate of drug-likeness (QED) is 0.448. The van der Waals surface area contributed by atoms with Gasteiger partial charge < -0.3 is 5.43 Å². The Bertz CT molecular complexity index is 306. The molecule has 5 heteroatoms. The summed E-state index contributed by atoms with van der Waals surface area (Å²) in [4.78, 5) is 9.97. The summed E-state index contributed by atoms with van der Waals surface area (Å²) in [5, 5.41) is 14.2. The first-order valence-corrected chi connectivity index (χ1v) is 3.60. The molecule has 0 saturated carbocycles. The second kappa shape index (κ2) is 2.44. The highest BCUT2D eigenvalue weighted by molar-refractivity contribution is 5.68. The fraction of sp³-hybridized carbons (Fsp3) is 0.286. The predicted octanol–water partition coefficient (Wildman–Crippen LogP) is 0.291. The van der Waals surface area contributed by atoms with Crippen molar-refractivity contribution >= 4 is 6.21 Å². The Morgan fingerprint density at radius 1 is 1.67 bits per heavy atom. The molecule has 1 heterocycles. The summed E-state index contributed by atoms with van der Waals surface area (Å²) >= 11 is 0. The van der Waals surface area contributed by atoms with E-state index in [0.29, 0.717) is 0 Å². The third-order valence-corrected chi connectivity index (χ3v) is 1.93. The Morgan fingerprint density at radius 2 is 2.50 bits per heavy atom. The lowest BCUT2D eigenvalue weighted by atomic mass is 9.97. The number of allylic oxidation sites excluding steroid dienone is 1. The molecule has 0 radical (unpaired) electrons. The summed E-state index contributed by atoms with van der Waals surface area (Å²) in [5.74, 6) is 0.0374. The molecular weight excluding hydrogens is 158 g/mol. The van der Waals surface area contributed by atoms with Crippen molar-refractivity contribution in [1.29, 1.82) is 0 Å². The first kappa shape index (κ1) is 7.02. The lowest BCUT2D eigenvalue weighted by Crippen LogP contribution is -2.26. The monoisotopic (exact) mass is 165 g/mol. The van der Waals surface area contributed by atoms with Gasteiger partial charge in [-0.3, -0.25) is 10.1 Å². The van der Waals surface area contributed by atoms with E-state index in [-0.39, 0.29) is 22.6 Å². The van der Waals surface area contributed by atoms with Crippen LogP contribution in [0.15, 0.2) is 29.0 Å². The van der Waals surface area contributed by atoms with Crippen LogP contribution in [0.3, 0.4) is 0 Å². The van der Waals surface area contributed by atoms with Gasteiger partial charge in [-0.25, -0.2) is 0 Å². The first-order chi connectivity index (χ1) is 5.77. The topological polar surface area (TPSA) is 67.5 Å². The van der Waals surface area contributed by atoms with Gasteiger partial charge in [-0.05, 0) is 0 Å². The zero-order chi connectivity index (χ0) is 8.55. The molecule has 2 unspecified atom stereocenters. The molecule has 1 aliphatic heterocycles. The van der Waals surface area contributed by atoms with Crippen molar-refractivity contribution in [3.63, 3.8) is 0 Å². The summed E-state index contributed by atoms with van der Waals surface area (Å²) in [6, 6.07) is 0.105. The number of hydrazone groups is 1. The Morgan fingerprint density at radius 3 is 3.25 bits per heavy atom. The number of nitrogens with one attached hydrogen (secondary N) is 1. The minimum Gasteiger partial charge on any atom is -0.302 e. The summed E-state index contributed by atoms with van der Waals surface area (Å²) in [5.41, 5.74) is 2.98. The van der Waals surface area contributed by atoms with Gasteiger partial charge in [-0.15, -0.1) is 0 Å². The molecule has 62 valence electrons. The van der Waals surface area contributed by atoms with E-state index in [2.05, 4.69) is 10.5 Å². The maximum atomic E-state index is 10.4. The smallest absolute Gasteiger partial charge is 0.265 e. The van der Waals surface area contributed by atoms with Crippen LogP contribution in [0.2, 0.25) is 0 Å². The van der Waals surface area contributed by atoms with Gasteiger partial charge in [0, 0.05) is 24.3 Å². The van der Waals surface area contributed by atoms with E-state index in [1.807, 2.05) is 0 Å². The van der Waals surface area contributed by atoms with Crippen molar-refractivity contribution in [2.75, 3.05) is 0 Å². The van der Waals surface area contributed by atoms with Crippen LogP contribution in [0.5, 0.6) is 0 Å². The molecule has 0 spiro atoms. The number of rotatable bonds is 1. The maximum Gasteiger partial charge on any atom is 0.265 e. The second-order valence-corrected chi connectivity index (χ2v) is 2.72. The maximum absolute atomic E-state index is 10.4. The normalized spacial score (nSPS) is 30.8. The highest BCUT2D eigenvalue weighted by Crippen LogP contribution is 2.18. The number of fused-ring (bicyclic) bond motifs is 1. The number of nitro groups is 1. The molecule has 0 amide bonds. The third-order valence-electron chi connectivity index (χ3n) is 1.93. The van der Waals surface area contributed by atoms with Gasteiger partial charge in [0.1, 0.15) is 0 Å². The first-order valence-electron chi connectivity index (χ1n) is 3.60. The van der Waals surface area contributed by atoms with Crippen LogP contribution in [-0.4, -0.2) is 17.2 Å². The molecule has 2 aliphatic rings. The lowest BCUT2D eigenvalue weighted by molar-refractivity contribution is -0.419. The van der Waals surface area contributed by atoms with Crippen molar-refractivity contribution in [1.82, 2.24) is 5.43 Å². The SMILES string of the molecule is O=[N+]([O-])C1=CC2C=NNC2C=C1. The molecule has 0 aromatic carbocycles. The molecule has 1 N–H and O–H groups in total. The lowest BCUT2D eigenvalue weighted by Gasteiger charge is -2.12. The Kier molecular flexibility index (Phi) is 1.43. The molecule has 0 fully saturated rings. The Labute approximate surface area is 68.6 Å². The highest BCUT2D eigenvalue weighted by atomic mass is 16.6. The fourth-order valence-corrected chi connectivity index (χ4v) is 1.29. The average molecular weight is 165 g/mol. The zero-order valence-corrected chi connectivity index (χ0v) is 6.18. The summed E-state index contributed by atoms with van der Waals surface area (Å²) in [7, 11) is 0. The Hall–Kier alpha value is -1.65. The standard InChI is InChI=1S/C7H7N3O2/c11-10(12)6-1-2-7-5(3-6)4-8-9-7/h1-5,7,9H. The molecule has 0 bridgehead atoms. The van der Waals surface area contributed by atoms with Crippen LogP contribution in [0.4, 0.5) is 0 Å². The molecular formula is C7H7N3O2. The van der Waals surface area contributed by atoms with Crippen LogP contribution in [0, 0.1) is 16.0 Å². The largest absolute Gasteiger partial charge is 0.302 e. The van der Waals surface area contributed by atoms with Gasteiger partial charge in [-0.2, -0.15) is 5.10 Å². The van der Waals surface area contributed by atoms with E-state index in [0.717, 1.165) is 0 Å². The van der Waals surface area contributed by atoms with Crippen molar-refractivity contribution < 1.29 is 4.92 Å². The predicted molar refractivity (Wildman–Crippen MR) is 43.1 cm³/mol. The van der Waals surface area contributed by atoms with Crippen LogP contribution >= 0.6 is 0 Å². The van der Waals surface area contributed by atoms with Crippen LogP contribution in [-0.2, 0) is 0 Å². The van der Waals surface area contributed by atoms with Crippen molar-refractivity contribution in [3.8, 4) is 0 Å². The number of hydrogen-bond donors (Lipinski definition) is 1. The van der Waals surface area contributed by atoms with Gasteiger partial charge in [0.25, 0.3) is 5.70 Å². The van der Waals surface area contributed by atoms with Gasteiger partial charge >= 0.3 is 0 Å². The van der Waals surface area contributed by atoms with Crippen molar-refractivity contribution in [3.05, 3.63) is 34.0 Å². The fourth-order valence-electron chi connectivity index (χ4n) is 1.29. The zero-order valence-electron chi connectivity index (χ0n) is 6.18. The highest BCUT2D eigenvalue weighted by Gasteiger charge is 2.26. The van der Waals surface area contributed by atoms with Crippen LogP contribution < -0.4 is 5.43 Å². The minimum atomic E-state index is -0.390. The number of nitrogens with zero attached hydrogens (tertiary/aromatic N) is 2. The van der Waals surface area contributed by atoms with E-state index in [1.54, 1.807) is 18.4 Å². The summed E-state index contributed by atoms with van der Waals surface area (Å²) in [6.45, 7) is 0. The molecule has 2 rings (SSSR count). The molecule has 5 nitrogen and oxygen atoms in total. The van der Waals surface area contributed by atoms with E-state index in [9.17, 15) is 10.1 Å². The van der Waals surface area contributed by atoms with E-state index in [1.165, 1.54) is 6.08 Å². The summed E-state index contributed by atoms with van der Waals surface area (Å²) < 4.78 is 0. The molecule has 0 saturated heterocycles.